The molecule has 0 aliphatic heterocycles. The van der Waals surface area contributed by atoms with Gasteiger partial charge in [-0.2, -0.15) is 5.10 Å². The van der Waals surface area contributed by atoms with Crippen LogP contribution in [0.2, 0.25) is 0 Å². The summed E-state index contributed by atoms with van der Waals surface area (Å²) in [5, 5.41) is 6.81. The van der Waals surface area contributed by atoms with Crippen LogP contribution in [0.5, 0.6) is 5.75 Å². The van der Waals surface area contributed by atoms with E-state index in [4.69, 9.17) is 15.2 Å². The van der Waals surface area contributed by atoms with Crippen LogP contribution in [-0.4, -0.2) is 24.4 Å². The van der Waals surface area contributed by atoms with Crippen molar-refractivity contribution in [1.29, 1.82) is 0 Å². The van der Waals surface area contributed by atoms with Crippen molar-refractivity contribution in [3.8, 4) is 17.0 Å². The summed E-state index contributed by atoms with van der Waals surface area (Å²) in [4.78, 5) is 0. The van der Waals surface area contributed by atoms with Crippen molar-refractivity contribution in [2.24, 2.45) is 0 Å². The van der Waals surface area contributed by atoms with E-state index in [1.165, 1.54) is 0 Å². The van der Waals surface area contributed by atoms with Gasteiger partial charge < -0.3 is 15.2 Å². The predicted octanol–water partition coefficient (Wildman–Crippen LogP) is 1.81. The van der Waals surface area contributed by atoms with Crippen molar-refractivity contribution in [3.63, 3.8) is 0 Å². The zero-order valence-electron chi connectivity index (χ0n) is 9.86. The summed E-state index contributed by atoms with van der Waals surface area (Å²) in [7, 11) is 3.29. The number of hydrogen-bond acceptors (Lipinski definition) is 4. The van der Waals surface area contributed by atoms with Gasteiger partial charge in [-0.25, -0.2) is 0 Å². The third-order valence-corrected chi connectivity index (χ3v) is 2.50. The first-order chi connectivity index (χ1) is 8.26. The molecule has 0 fully saturated rings. The highest BCUT2D eigenvalue weighted by atomic mass is 16.5. The maximum atomic E-state index is 5.62. The monoisotopic (exact) mass is 233 g/mol. The van der Waals surface area contributed by atoms with Gasteiger partial charge in [0.15, 0.2) is 0 Å². The van der Waals surface area contributed by atoms with Gasteiger partial charge in [0.1, 0.15) is 11.6 Å². The Bertz CT molecular complexity index is 508. The van der Waals surface area contributed by atoms with Crippen LogP contribution in [0.4, 0.5) is 5.82 Å². The highest BCUT2D eigenvalue weighted by Crippen LogP contribution is 2.33. The Morgan fingerprint density at radius 2 is 2.18 bits per heavy atom. The fourth-order valence-electron chi connectivity index (χ4n) is 1.79. The molecule has 0 bridgehead atoms. The molecule has 0 aliphatic rings. The number of nitrogen functional groups attached to an aromatic ring is 1. The van der Waals surface area contributed by atoms with Gasteiger partial charge in [-0.3, -0.25) is 5.10 Å². The van der Waals surface area contributed by atoms with Crippen molar-refractivity contribution in [2.45, 2.75) is 6.61 Å². The standard InChI is InChI=1S/C12H15N3O2/c1-16-7-8-4-3-5-10(17-2)12(8)9-6-11(13)15-14-9/h3-6H,7H2,1-2H3,(H3,13,14,15). The van der Waals surface area contributed by atoms with E-state index in [1.807, 2.05) is 18.2 Å². The molecule has 0 radical (unpaired) electrons. The summed E-state index contributed by atoms with van der Waals surface area (Å²) in [5.74, 6) is 1.22. The van der Waals surface area contributed by atoms with E-state index in [0.29, 0.717) is 12.4 Å². The van der Waals surface area contributed by atoms with Gasteiger partial charge >= 0.3 is 0 Å². The molecule has 5 nitrogen and oxygen atoms in total. The Morgan fingerprint density at radius 3 is 2.76 bits per heavy atom. The minimum Gasteiger partial charge on any atom is -0.496 e. The lowest BCUT2D eigenvalue weighted by Gasteiger charge is -2.11. The van der Waals surface area contributed by atoms with Gasteiger partial charge in [0.2, 0.25) is 0 Å². The number of methoxy groups -OCH3 is 2. The maximum absolute atomic E-state index is 5.62. The van der Waals surface area contributed by atoms with Crippen molar-refractivity contribution in [1.82, 2.24) is 10.2 Å². The van der Waals surface area contributed by atoms with Crippen molar-refractivity contribution in [2.75, 3.05) is 20.0 Å². The summed E-state index contributed by atoms with van der Waals surface area (Å²) in [6.07, 6.45) is 0. The van der Waals surface area contributed by atoms with Crippen LogP contribution in [0.3, 0.4) is 0 Å². The highest BCUT2D eigenvalue weighted by Gasteiger charge is 2.13. The number of H-pyrrole nitrogens is 1. The average Bonchev–Trinajstić information content (AvgIpc) is 2.75. The number of benzene rings is 1. The fraction of sp³-hybridized carbons (Fsp3) is 0.250. The Morgan fingerprint density at radius 1 is 1.35 bits per heavy atom. The number of hydrogen-bond donors (Lipinski definition) is 2. The van der Waals surface area contributed by atoms with E-state index in [1.54, 1.807) is 20.3 Å². The first-order valence-electron chi connectivity index (χ1n) is 5.22. The molecule has 0 saturated heterocycles. The number of ether oxygens (including phenoxy) is 2. The zero-order chi connectivity index (χ0) is 12.3. The third kappa shape index (κ3) is 2.24. The van der Waals surface area contributed by atoms with E-state index in [0.717, 1.165) is 22.6 Å². The van der Waals surface area contributed by atoms with Gasteiger partial charge in [0.25, 0.3) is 0 Å². The van der Waals surface area contributed by atoms with E-state index in [9.17, 15) is 0 Å². The lowest BCUT2D eigenvalue weighted by atomic mass is 10.0. The molecular formula is C12H15N3O2. The van der Waals surface area contributed by atoms with Crippen molar-refractivity contribution < 1.29 is 9.47 Å². The molecule has 1 heterocycles. The fourth-order valence-corrected chi connectivity index (χ4v) is 1.79. The Balaban J connectivity index is 2.55. The van der Waals surface area contributed by atoms with Crippen LogP contribution in [-0.2, 0) is 11.3 Å². The molecule has 1 aromatic carbocycles. The van der Waals surface area contributed by atoms with Gasteiger partial charge in [0.05, 0.1) is 19.4 Å². The van der Waals surface area contributed by atoms with E-state index in [-0.39, 0.29) is 0 Å². The number of nitrogens with zero attached hydrogens (tertiary/aromatic N) is 1. The summed E-state index contributed by atoms with van der Waals surface area (Å²) in [5.41, 5.74) is 8.40. The number of nitrogens with one attached hydrogen (secondary N) is 1. The van der Waals surface area contributed by atoms with Gasteiger partial charge in [-0.15, -0.1) is 0 Å². The van der Waals surface area contributed by atoms with E-state index < -0.39 is 0 Å². The summed E-state index contributed by atoms with van der Waals surface area (Å²) < 4.78 is 10.5. The molecule has 3 N–H and O–H groups in total. The number of rotatable bonds is 4. The average molecular weight is 233 g/mol. The number of nitrogens with two attached hydrogens (primary N) is 1. The smallest absolute Gasteiger partial charge is 0.145 e. The van der Waals surface area contributed by atoms with Crippen LogP contribution in [0.25, 0.3) is 11.3 Å². The van der Waals surface area contributed by atoms with Crippen molar-refractivity contribution in [3.05, 3.63) is 29.8 Å². The van der Waals surface area contributed by atoms with Crippen LogP contribution in [0.15, 0.2) is 24.3 Å². The Hall–Kier alpha value is -2.01. The molecular weight excluding hydrogens is 218 g/mol. The number of aromatic amines is 1. The minimum absolute atomic E-state index is 0.453. The molecule has 0 saturated carbocycles. The highest BCUT2D eigenvalue weighted by molar-refractivity contribution is 5.72. The molecule has 90 valence electrons. The first kappa shape index (κ1) is 11.5. The molecule has 0 amide bonds. The SMILES string of the molecule is COCc1cccc(OC)c1-c1cc(N)n[nH]1. The lowest BCUT2D eigenvalue weighted by molar-refractivity contribution is 0.185. The van der Waals surface area contributed by atoms with E-state index in [2.05, 4.69) is 10.2 Å². The Labute approximate surface area is 99.5 Å². The molecule has 17 heavy (non-hydrogen) atoms. The zero-order valence-corrected chi connectivity index (χ0v) is 9.86. The van der Waals surface area contributed by atoms with Crippen LogP contribution < -0.4 is 10.5 Å². The molecule has 0 spiro atoms. The maximum Gasteiger partial charge on any atom is 0.145 e. The van der Waals surface area contributed by atoms with Crippen LogP contribution >= 0.6 is 0 Å². The first-order valence-corrected chi connectivity index (χ1v) is 5.22. The predicted molar refractivity (Wildman–Crippen MR) is 65.7 cm³/mol. The summed E-state index contributed by atoms with van der Waals surface area (Å²) in [6, 6.07) is 7.58. The summed E-state index contributed by atoms with van der Waals surface area (Å²) in [6.45, 7) is 0.505. The lowest BCUT2D eigenvalue weighted by Crippen LogP contribution is -1.96. The largest absolute Gasteiger partial charge is 0.496 e. The molecule has 0 unspecified atom stereocenters. The normalized spacial score (nSPS) is 10.5. The molecule has 1 aromatic heterocycles. The topological polar surface area (TPSA) is 73.2 Å². The molecule has 2 aromatic rings. The van der Waals surface area contributed by atoms with Crippen LogP contribution in [0, 0.1) is 0 Å². The van der Waals surface area contributed by atoms with Gasteiger partial charge in [-0.05, 0) is 11.6 Å². The number of aromatic nitrogens is 2. The Kier molecular flexibility index (Phi) is 3.30. The number of anilines is 1. The molecule has 5 heteroatoms. The third-order valence-electron chi connectivity index (χ3n) is 2.50. The minimum atomic E-state index is 0.453. The summed E-state index contributed by atoms with van der Waals surface area (Å²) >= 11 is 0. The van der Waals surface area contributed by atoms with E-state index >= 15 is 0 Å². The quantitative estimate of drug-likeness (QED) is 0.844. The van der Waals surface area contributed by atoms with Crippen LogP contribution in [0.1, 0.15) is 5.56 Å². The molecule has 2 rings (SSSR count). The second-order valence-corrected chi connectivity index (χ2v) is 3.63. The van der Waals surface area contributed by atoms with Gasteiger partial charge in [-0.1, -0.05) is 12.1 Å². The second-order valence-electron chi connectivity index (χ2n) is 3.63. The van der Waals surface area contributed by atoms with Gasteiger partial charge in [0, 0.05) is 18.7 Å². The second kappa shape index (κ2) is 4.88. The molecule has 0 atom stereocenters. The van der Waals surface area contributed by atoms with Crippen molar-refractivity contribution >= 4 is 5.82 Å². The molecule has 0 aliphatic carbocycles.